The second kappa shape index (κ2) is 14.1. The second-order valence-electron chi connectivity index (χ2n) is 7.93. The van der Waals surface area contributed by atoms with Crippen molar-refractivity contribution in [3.05, 3.63) is 69.0 Å². The molecule has 2 aromatic rings. The Balaban J connectivity index is 0.000000241. The van der Waals surface area contributed by atoms with Gasteiger partial charge < -0.3 is 4.90 Å². The van der Waals surface area contributed by atoms with Crippen LogP contribution in [0.15, 0.2) is 36.4 Å². The van der Waals surface area contributed by atoms with Gasteiger partial charge in [-0.2, -0.15) is 5.26 Å². The third kappa shape index (κ3) is 8.45. The molecule has 2 atom stereocenters. The molecule has 1 amide bonds. The van der Waals surface area contributed by atoms with Gasteiger partial charge in [0.15, 0.2) is 0 Å². The maximum Gasteiger partial charge on any atom is 0.222 e. The first kappa shape index (κ1) is 27.9. The summed E-state index contributed by atoms with van der Waals surface area (Å²) in [5.41, 5.74) is 2.21. The molecule has 2 aromatic carbocycles. The molecule has 0 aliphatic carbocycles. The molecule has 0 aromatic heterocycles. The van der Waals surface area contributed by atoms with E-state index in [2.05, 4.69) is 20.8 Å². The summed E-state index contributed by atoms with van der Waals surface area (Å²) in [5, 5.41) is 9.52. The van der Waals surface area contributed by atoms with Gasteiger partial charge >= 0.3 is 0 Å². The van der Waals surface area contributed by atoms with Crippen molar-refractivity contribution >= 4 is 29.1 Å². The average Bonchev–Trinajstić information content (AvgIpc) is 3.15. The van der Waals surface area contributed by atoms with Crippen molar-refractivity contribution in [2.75, 3.05) is 13.1 Å². The Labute approximate surface area is 202 Å². The monoisotopic (exact) mass is 478 g/mol. The highest BCUT2D eigenvalue weighted by atomic mass is 35.5. The molecule has 1 saturated heterocycles. The van der Waals surface area contributed by atoms with Gasteiger partial charge in [0.1, 0.15) is 11.9 Å². The maximum atomic E-state index is 12.8. The molecule has 0 saturated carbocycles. The number of rotatable bonds is 4. The quantitative estimate of drug-likeness (QED) is 0.457. The summed E-state index contributed by atoms with van der Waals surface area (Å²) >= 11 is 11.4. The first-order valence-corrected chi connectivity index (χ1v) is 11.8. The number of amides is 1. The Morgan fingerprint density at radius 1 is 1.19 bits per heavy atom. The second-order valence-corrected chi connectivity index (χ2v) is 8.75. The van der Waals surface area contributed by atoms with E-state index >= 15 is 0 Å². The standard InChI is InChI=1S/C10H19NO.C8H8ClF.C8H6ClN/c1-4-8(3)9-6-10(12)11(5-2)7-9;1-2-6-7(9)4-3-5-8(6)10;1-6-2-3-7(5-10)8(9)4-6/h8-9H,4-7H2,1-3H3;3-5H,2H2,1H3;2-4H,1H3. The van der Waals surface area contributed by atoms with Crippen LogP contribution in [0.3, 0.4) is 0 Å². The minimum absolute atomic E-state index is 0.213. The third-order valence-corrected chi connectivity index (χ3v) is 6.40. The highest BCUT2D eigenvalue weighted by Crippen LogP contribution is 2.26. The largest absolute Gasteiger partial charge is 0.343 e. The van der Waals surface area contributed by atoms with Crippen LogP contribution in [0.1, 0.15) is 57.2 Å². The third-order valence-electron chi connectivity index (χ3n) is 5.74. The van der Waals surface area contributed by atoms with E-state index in [9.17, 15) is 9.18 Å². The number of benzene rings is 2. The Hall–Kier alpha value is -2.09. The topological polar surface area (TPSA) is 44.1 Å². The molecule has 0 bridgehead atoms. The molecule has 6 heteroatoms. The van der Waals surface area contributed by atoms with Crippen molar-refractivity contribution in [1.82, 2.24) is 4.90 Å². The SMILES string of the molecule is CCC(C)C1CC(=O)N(CC)C1.CCc1c(F)cccc1Cl.Cc1ccc(C#N)c(Cl)c1. The first-order chi connectivity index (χ1) is 15.2. The maximum absolute atomic E-state index is 12.8. The zero-order valence-electron chi connectivity index (χ0n) is 19.6. The molecule has 0 N–H and O–H groups in total. The fourth-order valence-corrected chi connectivity index (χ4v) is 3.98. The van der Waals surface area contributed by atoms with Crippen LogP contribution >= 0.6 is 23.2 Å². The van der Waals surface area contributed by atoms with Crippen molar-refractivity contribution in [2.24, 2.45) is 11.8 Å². The highest BCUT2D eigenvalue weighted by Gasteiger charge is 2.30. The van der Waals surface area contributed by atoms with Gasteiger partial charge in [0.05, 0.1) is 10.6 Å². The summed E-state index contributed by atoms with van der Waals surface area (Å²) in [4.78, 5) is 13.3. The molecule has 0 radical (unpaired) electrons. The van der Waals surface area contributed by atoms with E-state index in [1.165, 1.54) is 12.5 Å². The van der Waals surface area contributed by atoms with E-state index in [0.717, 1.165) is 25.1 Å². The van der Waals surface area contributed by atoms with Gasteiger partial charge in [-0.1, -0.05) is 62.5 Å². The summed E-state index contributed by atoms with van der Waals surface area (Å²) < 4.78 is 12.8. The van der Waals surface area contributed by atoms with Gasteiger partial charge in [-0.3, -0.25) is 4.79 Å². The van der Waals surface area contributed by atoms with Crippen LogP contribution in [0.5, 0.6) is 0 Å². The summed E-state index contributed by atoms with van der Waals surface area (Å²) in [7, 11) is 0. The van der Waals surface area contributed by atoms with Crippen molar-refractivity contribution in [1.29, 1.82) is 5.26 Å². The van der Waals surface area contributed by atoms with E-state index in [1.54, 1.807) is 24.3 Å². The van der Waals surface area contributed by atoms with Crippen LogP contribution in [-0.4, -0.2) is 23.9 Å². The lowest BCUT2D eigenvalue weighted by Gasteiger charge is -2.17. The summed E-state index contributed by atoms with van der Waals surface area (Å²) in [6.45, 7) is 12.2. The fourth-order valence-electron chi connectivity index (χ4n) is 3.40. The predicted molar refractivity (Wildman–Crippen MR) is 132 cm³/mol. The van der Waals surface area contributed by atoms with Crippen LogP contribution in [0.25, 0.3) is 0 Å². The van der Waals surface area contributed by atoms with Crippen molar-refractivity contribution in [3.63, 3.8) is 0 Å². The number of carbonyl (C=O) groups is 1. The summed E-state index contributed by atoms with van der Waals surface area (Å²) in [5.74, 6) is 1.45. The first-order valence-electron chi connectivity index (χ1n) is 11.0. The molecule has 0 spiro atoms. The number of hydrogen-bond acceptors (Lipinski definition) is 2. The van der Waals surface area contributed by atoms with Crippen LogP contribution < -0.4 is 0 Å². The molecule has 3 rings (SSSR count). The molecular weight excluding hydrogens is 446 g/mol. The van der Waals surface area contributed by atoms with Gasteiger partial charge in [0, 0.05) is 30.1 Å². The predicted octanol–water partition coefficient (Wildman–Crippen LogP) is 7.46. The molecule has 174 valence electrons. The summed E-state index contributed by atoms with van der Waals surface area (Å²) in [6, 6.07) is 12.1. The zero-order chi connectivity index (χ0) is 24.3. The molecule has 32 heavy (non-hydrogen) atoms. The zero-order valence-corrected chi connectivity index (χ0v) is 21.1. The Kier molecular flexibility index (Phi) is 12.3. The van der Waals surface area contributed by atoms with E-state index in [-0.39, 0.29) is 5.82 Å². The normalized spacial score (nSPS) is 15.8. The summed E-state index contributed by atoms with van der Waals surface area (Å²) in [6.07, 6.45) is 2.61. The molecular formula is C26H33Cl2FN2O. The number of nitriles is 1. The van der Waals surface area contributed by atoms with E-state index < -0.39 is 0 Å². The van der Waals surface area contributed by atoms with Crippen LogP contribution in [-0.2, 0) is 11.2 Å². The number of hydrogen-bond donors (Lipinski definition) is 0. The Bertz CT molecular complexity index is 906. The van der Waals surface area contributed by atoms with Gasteiger partial charge in [0.25, 0.3) is 0 Å². The van der Waals surface area contributed by atoms with Gasteiger partial charge in [-0.25, -0.2) is 4.39 Å². The molecule has 3 nitrogen and oxygen atoms in total. The molecule has 2 unspecified atom stereocenters. The molecule has 1 fully saturated rings. The lowest BCUT2D eigenvalue weighted by Crippen LogP contribution is -2.25. The number of likely N-dealkylation sites (tertiary alicyclic amines) is 1. The van der Waals surface area contributed by atoms with Crippen LogP contribution in [0.2, 0.25) is 10.0 Å². The van der Waals surface area contributed by atoms with Crippen molar-refractivity contribution in [3.8, 4) is 6.07 Å². The Morgan fingerprint density at radius 2 is 1.88 bits per heavy atom. The molecule has 1 heterocycles. The van der Waals surface area contributed by atoms with Crippen LogP contribution in [0.4, 0.5) is 4.39 Å². The van der Waals surface area contributed by atoms with Crippen molar-refractivity contribution < 1.29 is 9.18 Å². The van der Waals surface area contributed by atoms with E-state index in [1.807, 2.05) is 30.9 Å². The minimum atomic E-state index is -0.213. The average molecular weight is 479 g/mol. The number of nitrogens with zero attached hydrogens (tertiary/aromatic N) is 2. The van der Waals surface area contributed by atoms with Gasteiger partial charge in [-0.05, 0) is 61.9 Å². The van der Waals surface area contributed by atoms with E-state index in [4.69, 9.17) is 28.5 Å². The molecule has 1 aliphatic rings. The Morgan fingerprint density at radius 3 is 2.31 bits per heavy atom. The minimum Gasteiger partial charge on any atom is -0.343 e. The molecule has 1 aliphatic heterocycles. The van der Waals surface area contributed by atoms with Gasteiger partial charge in [-0.15, -0.1) is 0 Å². The number of carbonyl (C=O) groups excluding carboxylic acids is 1. The van der Waals surface area contributed by atoms with Crippen molar-refractivity contribution in [2.45, 2.75) is 53.9 Å². The fraction of sp³-hybridized carbons (Fsp3) is 0.462. The smallest absolute Gasteiger partial charge is 0.222 e. The van der Waals surface area contributed by atoms with E-state index in [0.29, 0.717) is 45.3 Å². The lowest BCUT2D eigenvalue weighted by atomic mass is 9.91. The highest BCUT2D eigenvalue weighted by molar-refractivity contribution is 6.31. The van der Waals surface area contributed by atoms with Gasteiger partial charge in [0.2, 0.25) is 5.91 Å². The number of halogens is 3. The number of aryl methyl sites for hydroxylation is 1. The van der Waals surface area contributed by atoms with Crippen LogP contribution in [0, 0.1) is 35.9 Å². The lowest BCUT2D eigenvalue weighted by molar-refractivity contribution is -0.127.